The Morgan fingerprint density at radius 2 is 2.26 bits per heavy atom. The van der Waals surface area contributed by atoms with Crippen LogP contribution in [-0.4, -0.2) is 25.0 Å². The molecule has 1 aliphatic rings. The zero-order chi connectivity index (χ0) is 13.7. The number of nitrogens with zero attached hydrogens (tertiary/aromatic N) is 1. The standard InChI is InChI=1S/C15H19N3O/c1-12-6-4-5-9-18(12)11-15(19)17-14-8-3-2-7-13(14)10-16/h2-3,7-8,12H,4-6,9,11H2,1H3,(H,17,19)/p+1/t12-/m0/s1. The molecule has 1 fully saturated rings. The molecule has 0 radical (unpaired) electrons. The number of amides is 1. The summed E-state index contributed by atoms with van der Waals surface area (Å²) >= 11 is 0. The first-order chi connectivity index (χ1) is 9.20. The largest absolute Gasteiger partial charge is 0.325 e. The Balaban J connectivity index is 1.96. The highest BCUT2D eigenvalue weighted by Crippen LogP contribution is 2.12. The van der Waals surface area contributed by atoms with E-state index in [9.17, 15) is 4.79 Å². The summed E-state index contributed by atoms with van der Waals surface area (Å²) in [4.78, 5) is 13.4. The number of carbonyl (C=O) groups is 1. The van der Waals surface area contributed by atoms with Gasteiger partial charge in [0.25, 0.3) is 5.91 Å². The van der Waals surface area contributed by atoms with Crippen LogP contribution >= 0.6 is 0 Å². The summed E-state index contributed by atoms with van der Waals surface area (Å²) < 4.78 is 0. The van der Waals surface area contributed by atoms with Crippen LogP contribution in [0.15, 0.2) is 24.3 Å². The Morgan fingerprint density at radius 1 is 1.47 bits per heavy atom. The first kappa shape index (κ1) is 13.6. The van der Waals surface area contributed by atoms with Crippen molar-refractivity contribution in [2.45, 2.75) is 32.2 Å². The summed E-state index contributed by atoms with van der Waals surface area (Å²) in [5.74, 6) is -0.00792. The number of nitriles is 1. The minimum Gasteiger partial charge on any atom is -0.325 e. The van der Waals surface area contributed by atoms with Gasteiger partial charge in [0.05, 0.1) is 23.8 Å². The lowest BCUT2D eigenvalue weighted by atomic mass is 10.0. The summed E-state index contributed by atoms with van der Waals surface area (Å²) in [6.45, 7) is 3.75. The topological polar surface area (TPSA) is 57.3 Å². The van der Waals surface area contributed by atoms with E-state index in [-0.39, 0.29) is 5.91 Å². The lowest BCUT2D eigenvalue weighted by Crippen LogP contribution is -3.17. The third kappa shape index (κ3) is 3.55. The Labute approximate surface area is 114 Å². The van der Waals surface area contributed by atoms with Crippen molar-refractivity contribution in [3.05, 3.63) is 29.8 Å². The van der Waals surface area contributed by atoms with Crippen molar-refractivity contribution in [3.8, 4) is 6.07 Å². The third-order valence-corrected chi connectivity index (χ3v) is 3.79. The molecule has 4 heteroatoms. The van der Waals surface area contributed by atoms with Gasteiger partial charge in [-0.1, -0.05) is 12.1 Å². The number of piperidine rings is 1. The van der Waals surface area contributed by atoms with E-state index in [4.69, 9.17) is 5.26 Å². The normalized spacial score (nSPS) is 22.5. The zero-order valence-electron chi connectivity index (χ0n) is 11.3. The van der Waals surface area contributed by atoms with Crippen LogP contribution < -0.4 is 10.2 Å². The fourth-order valence-corrected chi connectivity index (χ4v) is 2.61. The first-order valence-corrected chi connectivity index (χ1v) is 6.84. The van der Waals surface area contributed by atoms with Gasteiger partial charge in [-0.2, -0.15) is 5.26 Å². The van der Waals surface area contributed by atoms with Gasteiger partial charge >= 0.3 is 0 Å². The van der Waals surface area contributed by atoms with Crippen LogP contribution in [0.2, 0.25) is 0 Å². The lowest BCUT2D eigenvalue weighted by molar-refractivity contribution is -0.920. The minimum absolute atomic E-state index is 0.00792. The molecule has 1 aliphatic heterocycles. The van der Waals surface area contributed by atoms with Crippen LogP contribution in [0.1, 0.15) is 31.7 Å². The molecular weight excluding hydrogens is 238 g/mol. The number of hydrogen-bond donors (Lipinski definition) is 2. The van der Waals surface area contributed by atoms with Crippen LogP contribution in [-0.2, 0) is 4.79 Å². The van der Waals surface area contributed by atoms with E-state index >= 15 is 0 Å². The van der Waals surface area contributed by atoms with Crippen molar-refractivity contribution < 1.29 is 9.69 Å². The smallest absolute Gasteiger partial charge is 0.279 e. The molecule has 2 N–H and O–H groups in total. The van der Waals surface area contributed by atoms with E-state index in [1.54, 1.807) is 18.2 Å². The van der Waals surface area contributed by atoms with E-state index in [2.05, 4.69) is 18.3 Å². The molecule has 100 valence electrons. The molecule has 2 rings (SSSR count). The molecule has 1 aromatic carbocycles. The van der Waals surface area contributed by atoms with Gasteiger partial charge in [0.2, 0.25) is 0 Å². The minimum atomic E-state index is -0.00792. The number of carbonyl (C=O) groups excluding carboxylic acids is 1. The maximum absolute atomic E-state index is 12.1. The maximum atomic E-state index is 12.1. The molecule has 19 heavy (non-hydrogen) atoms. The second-order valence-corrected chi connectivity index (χ2v) is 5.19. The van der Waals surface area contributed by atoms with E-state index in [1.165, 1.54) is 24.2 Å². The number of nitrogens with one attached hydrogen (secondary N) is 2. The quantitative estimate of drug-likeness (QED) is 0.848. The van der Waals surface area contributed by atoms with E-state index in [1.807, 2.05) is 6.07 Å². The van der Waals surface area contributed by atoms with E-state index in [0.29, 0.717) is 23.8 Å². The monoisotopic (exact) mass is 258 g/mol. The highest BCUT2D eigenvalue weighted by Gasteiger charge is 2.24. The van der Waals surface area contributed by atoms with Crippen molar-refractivity contribution >= 4 is 11.6 Å². The van der Waals surface area contributed by atoms with Crippen LogP contribution in [0.3, 0.4) is 0 Å². The van der Waals surface area contributed by atoms with Gasteiger partial charge < -0.3 is 10.2 Å². The number of hydrogen-bond acceptors (Lipinski definition) is 2. The first-order valence-electron chi connectivity index (χ1n) is 6.84. The fourth-order valence-electron chi connectivity index (χ4n) is 2.61. The van der Waals surface area contributed by atoms with Crippen molar-refractivity contribution in [2.75, 3.05) is 18.4 Å². The highest BCUT2D eigenvalue weighted by molar-refractivity contribution is 5.92. The highest BCUT2D eigenvalue weighted by atomic mass is 16.2. The number of anilines is 1. The van der Waals surface area contributed by atoms with Gasteiger partial charge in [-0.3, -0.25) is 4.79 Å². The van der Waals surface area contributed by atoms with Crippen molar-refractivity contribution in [1.82, 2.24) is 0 Å². The number of quaternary nitrogens is 1. The van der Waals surface area contributed by atoms with Gasteiger partial charge in [-0.05, 0) is 38.3 Å². The molecule has 0 spiro atoms. The van der Waals surface area contributed by atoms with Gasteiger partial charge in [0.1, 0.15) is 6.07 Å². The van der Waals surface area contributed by atoms with Gasteiger partial charge in [0, 0.05) is 0 Å². The molecule has 1 unspecified atom stereocenters. The molecule has 0 saturated carbocycles. The Kier molecular flexibility index (Phi) is 4.53. The Hall–Kier alpha value is -1.86. The molecule has 0 aromatic heterocycles. The Morgan fingerprint density at radius 3 is 3.00 bits per heavy atom. The average Bonchev–Trinajstić information content (AvgIpc) is 2.42. The average molecular weight is 258 g/mol. The van der Waals surface area contributed by atoms with Gasteiger partial charge in [-0.15, -0.1) is 0 Å². The van der Waals surface area contributed by atoms with E-state index < -0.39 is 0 Å². The molecule has 0 aliphatic carbocycles. The molecule has 2 atom stereocenters. The van der Waals surface area contributed by atoms with Crippen molar-refractivity contribution in [2.24, 2.45) is 0 Å². The van der Waals surface area contributed by atoms with Crippen molar-refractivity contribution in [3.63, 3.8) is 0 Å². The van der Waals surface area contributed by atoms with E-state index in [0.717, 1.165) is 6.54 Å². The van der Waals surface area contributed by atoms with Crippen LogP contribution in [0.25, 0.3) is 0 Å². The fraction of sp³-hybridized carbons (Fsp3) is 0.467. The number of rotatable bonds is 3. The SMILES string of the molecule is C[C@H]1CCCC[NH+]1CC(=O)Nc1ccccc1C#N. The molecule has 0 bridgehead atoms. The Bertz CT molecular complexity index is 492. The molecular formula is C15H20N3O+. The summed E-state index contributed by atoms with van der Waals surface area (Å²) in [5.41, 5.74) is 1.12. The third-order valence-electron chi connectivity index (χ3n) is 3.79. The summed E-state index contributed by atoms with van der Waals surface area (Å²) in [6.07, 6.45) is 3.66. The maximum Gasteiger partial charge on any atom is 0.279 e. The molecule has 1 aromatic rings. The van der Waals surface area contributed by atoms with Crippen molar-refractivity contribution in [1.29, 1.82) is 5.26 Å². The molecule has 1 amide bonds. The zero-order valence-corrected chi connectivity index (χ0v) is 11.3. The lowest BCUT2D eigenvalue weighted by Gasteiger charge is -2.29. The number of likely N-dealkylation sites (tertiary alicyclic amines) is 1. The van der Waals surface area contributed by atoms with Crippen LogP contribution in [0, 0.1) is 11.3 Å². The predicted molar refractivity (Wildman–Crippen MR) is 73.8 cm³/mol. The predicted octanol–water partition coefficient (Wildman–Crippen LogP) is 0.954. The molecule has 1 heterocycles. The van der Waals surface area contributed by atoms with Crippen LogP contribution in [0.5, 0.6) is 0 Å². The number of benzene rings is 1. The summed E-state index contributed by atoms with van der Waals surface area (Å²) in [6, 6.07) is 9.75. The summed E-state index contributed by atoms with van der Waals surface area (Å²) in [5, 5.41) is 11.8. The number of para-hydroxylation sites is 1. The summed E-state index contributed by atoms with van der Waals surface area (Å²) in [7, 11) is 0. The second-order valence-electron chi connectivity index (χ2n) is 5.19. The van der Waals surface area contributed by atoms with Crippen LogP contribution in [0.4, 0.5) is 5.69 Å². The molecule has 4 nitrogen and oxygen atoms in total. The second kappa shape index (κ2) is 6.35. The van der Waals surface area contributed by atoms with Gasteiger partial charge in [-0.25, -0.2) is 0 Å². The molecule has 1 saturated heterocycles. The van der Waals surface area contributed by atoms with Gasteiger partial charge in [0.15, 0.2) is 6.54 Å².